The summed E-state index contributed by atoms with van der Waals surface area (Å²) < 4.78 is 55.2. The predicted octanol–water partition coefficient (Wildman–Crippen LogP) is 3.64. The number of piperidine rings is 1. The first-order chi connectivity index (χ1) is 18.0. The number of ether oxygens (including phenoxy) is 1. The van der Waals surface area contributed by atoms with Gasteiger partial charge >= 0.3 is 0 Å². The topological polar surface area (TPSA) is 101 Å². The molecular weight excluding hydrogens is 524 g/mol. The molecule has 38 heavy (non-hydrogen) atoms. The number of ketones is 1. The fourth-order valence-electron chi connectivity index (χ4n) is 5.21. The van der Waals surface area contributed by atoms with E-state index in [1.807, 2.05) is 60.7 Å². The van der Waals surface area contributed by atoms with Crippen molar-refractivity contribution in [2.24, 2.45) is 5.92 Å². The van der Waals surface area contributed by atoms with Crippen LogP contribution >= 0.6 is 0 Å². The summed E-state index contributed by atoms with van der Waals surface area (Å²) in [6.07, 6.45) is 2.08. The van der Waals surface area contributed by atoms with E-state index in [1.54, 1.807) is 6.07 Å². The minimum absolute atomic E-state index is 0.0156. The van der Waals surface area contributed by atoms with Crippen LogP contribution in [0.15, 0.2) is 78.9 Å². The monoisotopic (exact) mass is 556 g/mol. The third-order valence-corrected chi connectivity index (χ3v) is 9.99. The summed E-state index contributed by atoms with van der Waals surface area (Å²) >= 11 is 0. The number of likely N-dealkylation sites (tertiary alicyclic amines) is 1. The lowest BCUT2D eigenvalue weighted by molar-refractivity contribution is -0.126. The van der Waals surface area contributed by atoms with Gasteiger partial charge in [0.05, 0.1) is 25.3 Å². The molecule has 1 unspecified atom stereocenters. The van der Waals surface area contributed by atoms with E-state index in [2.05, 4.69) is 4.90 Å². The second kappa shape index (κ2) is 11.3. The number of sulfonamides is 2. The zero-order valence-corrected chi connectivity index (χ0v) is 23.3. The zero-order valence-electron chi connectivity index (χ0n) is 21.6. The number of methoxy groups -OCH3 is 1. The number of benzene rings is 3. The van der Waals surface area contributed by atoms with Gasteiger partial charge in [0.2, 0.25) is 20.0 Å². The second-order valence-corrected chi connectivity index (χ2v) is 13.5. The van der Waals surface area contributed by atoms with E-state index in [-0.39, 0.29) is 23.3 Å². The molecule has 1 atom stereocenters. The summed E-state index contributed by atoms with van der Waals surface area (Å²) in [5, 5.41) is 0. The molecule has 1 heterocycles. The van der Waals surface area contributed by atoms with Gasteiger partial charge in [-0.25, -0.2) is 16.8 Å². The first-order valence-corrected chi connectivity index (χ1v) is 15.9. The third-order valence-electron chi connectivity index (χ3n) is 6.73. The van der Waals surface area contributed by atoms with E-state index in [4.69, 9.17) is 4.74 Å². The number of carbonyl (C=O) groups excluding carboxylic acids is 1. The van der Waals surface area contributed by atoms with E-state index in [1.165, 1.54) is 19.2 Å². The lowest BCUT2D eigenvalue weighted by Crippen LogP contribution is -2.43. The number of rotatable bonds is 9. The van der Waals surface area contributed by atoms with E-state index < -0.39 is 20.0 Å². The highest BCUT2D eigenvalue weighted by Crippen LogP contribution is 2.37. The predicted molar refractivity (Wildman–Crippen MR) is 148 cm³/mol. The van der Waals surface area contributed by atoms with Gasteiger partial charge in [0, 0.05) is 43.5 Å². The van der Waals surface area contributed by atoms with Crippen LogP contribution in [0.3, 0.4) is 0 Å². The van der Waals surface area contributed by atoms with Crippen molar-refractivity contribution >= 4 is 31.5 Å². The molecule has 0 N–H and O–H groups in total. The molecule has 3 aromatic rings. The highest BCUT2D eigenvalue weighted by molar-refractivity contribution is 8.09. The average molecular weight is 557 g/mol. The Balaban J connectivity index is 1.68. The van der Waals surface area contributed by atoms with E-state index in [0.29, 0.717) is 41.1 Å². The first kappa shape index (κ1) is 27.8. The van der Waals surface area contributed by atoms with Gasteiger partial charge in [-0.2, -0.15) is 3.71 Å². The van der Waals surface area contributed by atoms with Gasteiger partial charge in [-0.3, -0.25) is 9.69 Å². The maximum absolute atomic E-state index is 13.3. The van der Waals surface area contributed by atoms with Crippen molar-refractivity contribution in [2.75, 3.05) is 36.4 Å². The summed E-state index contributed by atoms with van der Waals surface area (Å²) in [7, 11) is -6.67. The molecule has 202 valence electrons. The van der Waals surface area contributed by atoms with Crippen LogP contribution in [0.25, 0.3) is 0 Å². The lowest BCUT2D eigenvalue weighted by Gasteiger charge is -2.37. The van der Waals surface area contributed by atoms with Crippen LogP contribution in [-0.2, 0) is 31.4 Å². The molecule has 8 nitrogen and oxygen atoms in total. The summed E-state index contributed by atoms with van der Waals surface area (Å²) in [6.45, 7) is 1.38. The van der Waals surface area contributed by atoms with Crippen molar-refractivity contribution < 1.29 is 26.4 Å². The molecule has 0 amide bonds. The number of Topliss-reactive ketones (excluding diaryl/α,β-unsaturated/α-hetero) is 1. The molecule has 0 saturated carbocycles. The van der Waals surface area contributed by atoms with Gasteiger partial charge in [-0.05, 0) is 29.3 Å². The molecule has 1 saturated heterocycles. The molecule has 0 spiro atoms. The molecule has 1 aliphatic heterocycles. The highest BCUT2D eigenvalue weighted by atomic mass is 32.3. The van der Waals surface area contributed by atoms with E-state index >= 15 is 0 Å². The molecule has 0 aliphatic carbocycles. The van der Waals surface area contributed by atoms with Crippen LogP contribution in [0, 0.1) is 5.92 Å². The third kappa shape index (κ3) is 6.25. The number of anilines is 1. The fraction of sp³-hybridized carbons (Fsp3) is 0.321. The molecular formula is C28H32N2O6S2. The SMILES string of the molecule is COc1ccc(N(S(C)(=O)=O)S(C)(=O)=O)cc1CN1CCC(=O)C(C(c2ccccc2)c2ccccc2)C1. The van der Waals surface area contributed by atoms with Crippen molar-refractivity contribution in [3.8, 4) is 5.75 Å². The fourth-order valence-corrected chi connectivity index (χ4v) is 8.17. The Hall–Kier alpha value is -3.21. The maximum Gasteiger partial charge on any atom is 0.245 e. The number of hydrogen-bond donors (Lipinski definition) is 0. The quantitative estimate of drug-likeness (QED) is 0.397. The molecule has 10 heteroatoms. The molecule has 4 rings (SSSR count). The molecule has 1 aliphatic rings. The lowest BCUT2D eigenvalue weighted by atomic mass is 9.76. The van der Waals surface area contributed by atoms with Gasteiger partial charge < -0.3 is 4.74 Å². The first-order valence-electron chi connectivity index (χ1n) is 12.2. The zero-order chi connectivity index (χ0) is 27.5. The van der Waals surface area contributed by atoms with Crippen LogP contribution in [0.5, 0.6) is 5.75 Å². The second-order valence-electron chi connectivity index (χ2n) is 9.58. The minimum atomic E-state index is -4.09. The Morgan fingerprint density at radius 2 is 1.45 bits per heavy atom. The van der Waals surface area contributed by atoms with Gasteiger partial charge in [0.15, 0.2) is 0 Å². The van der Waals surface area contributed by atoms with Crippen molar-refractivity contribution in [2.45, 2.75) is 18.9 Å². The van der Waals surface area contributed by atoms with Crippen molar-refractivity contribution in [1.82, 2.24) is 4.90 Å². The Kier molecular flexibility index (Phi) is 8.25. The summed E-state index contributed by atoms with van der Waals surface area (Å²) in [4.78, 5) is 15.4. The number of nitrogens with zero attached hydrogens (tertiary/aromatic N) is 2. The Morgan fingerprint density at radius 3 is 1.95 bits per heavy atom. The summed E-state index contributed by atoms with van der Waals surface area (Å²) in [6, 6.07) is 24.5. The number of carbonyl (C=O) groups is 1. The Morgan fingerprint density at radius 1 is 0.895 bits per heavy atom. The van der Waals surface area contributed by atoms with Crippen LogP contribution in [0.4, 0.5) is 5.69 Å². The van der Waals surface area contributed by atoms with Crippen molar-refractivity contribution in [3.63, 3.8) is 0 Å². The smallest absolute Gasteiger partial charge is 0.245 e. The Labute approximate surface area is 225 Å². The van der Waals surface area contributed by atoms with E-state index in [9.17, 15) is 21.6 Å². The van der Waals surface area contributed by atoms with E-state index in [0.717, 1.165) is 23.6 Å². The van der Waals surface area contributed by atoms with Gasteiger partial charge in [-0.1, -0.05) is 60.7 Å². The van der Waals surface area contributed by atoms with Crippen molar-refractivity contribution in [3.05, 3.63) is 95.6 Å². The van der Waals surface area contributed by atoms with Crippen LogP contribution in [-0.4, -0.2) is 60.2 Å². The highest BCUT2D eigenvalue weighted by Gasteiger charge is 2.36. The Bertz CT molecular complexity index is 1420. The van der Waals surface area contributed by atoms with Crippen LogP contribution in [0.1, 0.15) is 29.0 Å². The van der Waals surface area contributed by atoms with Crippen LogP contribution < -0.4 is 8.45 Å². The van der Waals surface area contributed by atoms with Gasteiger partial charge in [0.25, 0.3) is 0 Å². The maximum atomic E-state index is 13.3. The van der Waals surface area contributed by atoms with Crippen molar-refractivity contribution in [1.29, 1.82) is 0 Å². The molecule has 3 aromatic carbocycles. The molecule has 0 aromatic heterocycles. The standard InChI is InChI=1S/C28H32N2O6S2/c1-36-27-15-14-24(30(37(2,32)33)38(3,34)35)18-23(27)19-29-17-16-26(31)25(20-29)28(21-10-6-4-7-11-21)22-12-8-5-9-13-22/h4-15,18,25,28H,16-17,19-20H2,1-3H3. The average Bonchev–Trinajstić information content (AvgIpc) is 2.86. The number of hydrogen-bond acceptors (Lipinski definition) is 7. The summed E-state index contributed by atoms with van der Waals surface area (Å²) in [5.41, 5.74) is 2.78. The molecule has 0 bridgehead atoms. The summed E-state index contributed by atoms with van der Waals surface area (Å²) in [5.74, 6) is 0.296. The normalized spacial score (nSPS) is 16.9. The minimum Gasteiger partial charge on any atom is -0.496 e. The van der Waals surface area contributed by atoms with Crippen LogP contribution in [0.2, 0.25) is 0 Å². The molecule has 0 radical (unpaired) electrons. The van der Waals surface area contributed by atoms with Gasteiger partial charge in [-0.15, -0.1) is 0 Å². The largest absolute Gasteiger partial charge is 0.496 e. The van der Waals surface area contributed by atoms with Gasteiger partial charge in [0.1, 0.15) is 11.5 Å². The molecule has 1 fully saturated rings.